The van der Waals surface area contributed by atoms with Gasteiger partial charge in [0.1, 0.15) is 23.9 Å². The third-order valence-corrected chi connectivity index (χ3v) is 10.6. The van der Waals surface area contributed by atoms with E-state index in [0.29, 0.717) is 30.7 Å². The van der Waals surface area contributed by atoms with Gasteiger partial charge in [0.25, 0.3) is 5.08 Å². The highest BCUT2D eigenvalue weighted by Gasteiger charge is 2.58. The van der Waals surface area contributed by atoms with Gasteiger partial charge in [0.15, 0.2) is 5.78 Å². The summed E-state index contributed by atoms with van der Waals surface area (Å²) < 4.78 is 52.5. The van der Waals surface area contributed by atoms with Crippen molar-refractivity contribution in [3.05, 3.63) is 59.4 Å². The number of hydrogen-bond donors (Lipinski definition) is 6. The standard InChI is InChI=1S/C26H35FN2O12P2/c1-29(13-15-39-14-3-12-28-11-2-10-26(32,42(33,34)35)43(36,37)38)25(31)41-20-8-9-21-23(16-20)40-17-22(24(21)30)18-4-6-19(27)7-5-18/h4-9,16,22,28,32H,2-3,10-15,17H2,1H3,(H2,33,34,35)(H2,36,37,38). The van der Waals surface area contributed by atoms with E-state index < -0.39 is 44.5 Å². The quantitative estimate of drug-likeness (QED) is 0.121. The zero-order valence-corrected chi connectivity index (χ0v) is 25.1. The second kappa shape index (κ2) is 14.8. The van der Waals surface area contributed by atoms with Crippen molar-refractivity contribution in [3.63, 3.8) is 0 Å². The van der Waals surface area contributed by atoms with Crippen LogP contribution < -0.4 is 14.8 Å². The summed E-state index contributed by atoms with van der Waals surface area (Å²) in [5.41, 5.74) is 0.975. The van der Waals surface area contributed by atoms with Crippen LogP contribution in [0.4, 0.5) is 9.18 Å². The van der Waals surface area contributed by atoms with Gasteiger partial charge in [0.2, 0.25) is 0 Å². The fraction of sp³-hybridized carbons (Fsp3) is 0.462. The molecule has 0 fully saturated rings. The van der Waals surface area contributed by atoms with Gasteiger partial charge in [-0.2, -0.15) is 0 Å². The van der Waals surface area contributed by atoms with Crippen LogP contribution in [-0.2, 0) is 13.9 Å². The average Bonchev–Trinajstić information content (AvgIpc) is 2.93. The molecule has 2 aromatic rings. The molecule has 1 amide bonds. The van der Waals surface area contributed by atoms with Crippen LogP contribution in [0.15, 0.2) is 42.5 Å². The van der Waals surface area contributed by atoms with Crippen molar-refractivity contribution in [2.45, 2.75) is 30.3 Å². The molecule has 1 unspecified atom stereocenters. The molecule has 0 saturated heterocycles. The number of ketones is 1. The Morgan fingerprint density at radius 2 is 1.72 bits per heavy atom. The molecule has 0 saturated carbocycles. The van der Waals surface area contributed by atoms with Gasteiger partial charge >= 0.3 is 21.3 Å². The molecule has 17 heteroatoms. The third-order valence-electron chi connectivity index (χ3n) is 6.74. The number of benzene rings is 2. The smallest absolute Gasteiger partial charge is 0.415 e. The van der Waals surface area contributed by atoms with E-state index in [-0.39, 0.29) is 50.0 Å². The van der Waals surface area contributed by atoms with Gasteiger partial charge in [-0.15, -0.1) is 0 Å². The van der Waals surface area contributed by atoms with E-state index in [2.05, 4.69) is 5.32 Å². The van der Waals surface area contributed by atoms with E-state index in [4.69, 9.17) is 33.8 Å². The van der Waals surface area contributed by atoms with Crippen molar-refractivity contribution in [1.29, 1.82) is 0 Å². The highest BCUT2D eigenvalue weighted by molar-refractivity contribution is 7.72. The predicted octanol–water partition coefficient (Wildman–Crippen LogP) is 2.39. The molecule has 0 spiro atoms. The number of amides is 1. The molecule has 6 N–H and O–H groups in total. The number of ether oxygens (including phenoxy) is 3. The van der Waals surface area contributed by atoms with Gasteiger partial charge in [-0.3, -0.25) is 13.9 Å². The van der Waals surface area contributed by atoms with E-state index in [9.17, 15) is 28.2 Å². The average molecular weight is 649 g/mol. The normalized spacial score (nSPS) is 15.5. The first kappa shape index (κ1) is 34.8. The Morgan fingerprint density at radius 1 is 1.07 bits per heavy atom. The van der Waals surface area contributed by atoms with Crippen LogP contribution in [-0.4, -0.2) is 93.0 Å². The van der Waals surface area contributed by atoms with Gasteiger partial charge in [-0.25, -0.2) is 9.18 Å². The molecule has 0 radical (unpaired) electrons. The highest BCUT2D eigenvalue weighted by atomic mass is 31.2. The lowest BCUT2D eigenvalue weighted by Crippen LogP contribution is -2.33. The van der Waals surface area contributed by atoms with Crippen molar-refractivity contribution in [1.82, 2.24) is 10.2 Å². The minimum Gasteiger partial charge on any atom is -0.492 e. The number of carbonyl (C=O) groups excluding carboxylic acids is 2. The topological polar surface area (TPSA) is 212 Å². The Hall–Kier alpha value is -2.71. The molecular formula is C26H35FN2O12P2. The molecule has 1 aliphatic heterocycles. The van der Waals surface area contributed by atoms with Crippen LogP contribution in [0.2, 0.25) is 0 Å². The Labute approximate surface area is 247 Å². The number of nitrogens with zero attached hydrogens (tertiary/aromatic N) is 1. The second-order valence-corrected chi connectivity index (χ2v) is 13.9. The van der Waals surface area contributed by atoms with Crippen LogP contribution in [0, 0.1) is 5.82 Å². The fourth-order valence-electron chi connectivity index (χ4n) is 4.18. The lowest BCUT2D eigenvalue weighted by Gasteiger charge is -2.29. The van der Waals surface area contributed by atoms with Gasteiger partial charge in [0.05, 0.1) is 18.1 Å². The number of Topliss-reactive ketones (excluding diaryl/α,β-unsaturated/α-hetero) is 1. The molecule has 1 atom stereocenters. The molecule has 1 heterocycles. The largest absolute Gasteiger partial charge is 0.492 e. The monoisotopic (exact) mass is 648 g/mol. The van der Waals surface area contributed by atoms with Gasteiger partial charge < -0.3 is 49.1 Å². The van der Waals surface area contributed by atoms with Crippen molar-refractivity contribution < 1.29 is 62.0 Å². The molecule has 3 rings (SSSR count). The van der Waals surface area contributed by atoms with Gasteiger partial charge in [-0.05, 0) is 55.8 Å². The maximum absolute atomic E-state index is 13.2. The first-order chi connectivity index (χ1) is 20.1. The maximum Gasteiger partial charge on any atom is 0.415 e. The molecule has 0 bridgehead atoms. The number of carbonyl (C=O) groups is 2. The van der Waals surface area contributed by atoms with Crippen molar-refractivity contribution in [2.75, 3.05) is 46.5 Å². The minimum absolute atomic E-state index is 0.0677. The lowest BCUT2D eigenvalue weighted by atomic mass is 9.89. The van der Waals surface area contributed by atoms with Crippen LogP contribution in [0.3, 0.4) is 0 Å². The number of halogens is 1. The van der Waals surface area contributed by atoms with E-state index >= 15 is 0 Å². The Bertz CT molecular complexity index is 1340. The molecular weight excluding hydrogens is 613 g/mol. The van der Waals surface area contributed by atoms with Crippen LogP contribution in [0.5, 0.6) is 11.5 Å². The third kappa shape index (κ3) is 9.15. The molecule has 0 aromatic heterocycles. The zero-order chi connectivity index (χ0) is 31.8. The maximum atomic E-state index is 13.2. The zero-order valence-electron chi connectivity index (χ0n) is 23.3. The van der Waals surface area contributed by atoms with E-state index in [0.717, 1.165) is 0 Å². The first-order valence-electron chi connectivity index (χ1n) is 13.3. The van der Waals surface area contributed by atoms with Gasteiger partial charge in [0, 0.05) is 32.7 Å². The minimum atomic E-state index is -5.46. The molecule has 238 valence electrons. The number of likely N-dealkylation sites (N-methyl/N-ethyl adjacent to an activating group) is 1. The van der Waals surface area contributed by atoms with Crippen molar-refractivity contribution in [3.8, 4) is 11.5 Å². The number of nitrogens with one attached hydrogen (secondary N) is 1. The number of rotatable bonds is 15. The van der Waals surface area contributed by atoms with Crippen LogP contribution in [0.25, 0.3) is 0 Å². The number of hydrogen-bond acceptors (Lipinski definition) is 9. The molecule has 1 aliphatic rings. The van der Waals surface area contributed by atoms with Crippen molar-refractivity contribution in [2.24, 2.45) is 0 Å². The van der Waals surface area contributed by atoms with E-state index in [1.165, 1.54) is 42.3 Å². The summed E-state index contributed by atoms with van der Waals surface area (Å²) in [7, 11) is -9.39. The summed E-state index contributed by atoms with van der Waals surface area (Å²) >= 11 is 0. The summed E-state index contributed by atoms with van der Waals surface area (Å²) in [5, 5.41) is 9.32. The fourth-order valence-corrected chi connectivity index (χ4v) is 6.43. The number of aliphatic hydroxyl groups is 1. The summed E-state index contributed by atoms with van der Waals surface area (Å²) in [6.45, 7) is 1.38. The highest BCUT2D eigenvalue weighted by Crippen LogP contribution is 2.69. The Balaban J connectivity index is 1.32. The summed E-state index contributed by atoms with van der Waals surface area (Å²) in [4.78, 5) is 63.2. The van der Waals surface area contributed by atoms with Crippen molar-refractivity contribution >= 4 is 27.1 Å². The molecule has 14 nitrogen and oxygen atoms in total. The molecule has 0 aliphatic carbocycles. The van der Waals surface area contributed by atoms with E-state index in [1.807, 2.05) is 0 Å². The number of fused-ring (bicyclic) bond motifs is 1. The SMILES string of the molecule is CN(CCOCCCNCCCC(O)(P(=O)(O)O)P(=O)(O)O)C(=O)Oc1ccc2c(c1)OCC(c1ccc(F)cc1)C2=O. The summed E-state index contributed by atoms with van der Waals surface area (Å²) in [5.74, 6) is -0.671. The molecule has 43 heavy (non-hydrogen) atoms. The Kier molecular flexibility index (Phi) is 12.0. The van der Waals surface area contributed by atoms with Crippen LogP contribution in [0.1, 0.15) is 41.1 Å². The first-order valence-corrected chi connectivity index (χ1v) is 16.5. The predicted molar refractivity (Wildman–Crippen MR) is 151 cm³/mol. The second-order valence-electron chi connectivity index (χ2n) is 9.91. The Morgan fingerprint density at radius 3 is 2.37 bits per heavy atom. The molecule has 2 aromatic carbocycles. The van der Waals surface area contributed by atoms with Gasteiger partial charge in [-0.1, -0.05) is 12.1 Å². The summed E-state index contributed by atoms with van der Waals surface area (Å²) in [6, 6.07) is 10.1. The van der Waals surface area contributed by atoms with Crippen LogP contribution >= 0.6 is 15.2 Å². The summed E-state index contributed by atoms with van der Waals surface area (Å²) in [6.07, 6.45) is -1.00. The van der Waals surface area contributed by atoms with E-state index in [1.54, 1.807) is 12.1 Å². The lowest BCUT2D eigenvalue weighted by molar-refractivity contribution is 0.0895.